The molecule has 0 saturated carbocycles. The van der Waals surface area contributed by atoms with Gasteiger partial charge in [0, 0.05) is 31.8 Å². The molecule has 146 valence electrons. The second kappa shape index (κ2) is 10.1. The van der Waals surface area contributed by atoms with Gasteiger partial charge in [0.25, 0.3) is 0 Å². The number of rotatable bonds is 9. The Kier molecular flexibility index (Phi) is 7.80. The number of hydrogen-bond donors (Lipinski definition) is 1. The van der Waals surface area contributed by atoms with E-state index in [1.807, 2.05) is 37.2 Å². The molecule has 4 nitrogen and oxygen atoms in total. The fourth-order valence-corrected chi connectivity index (χ4v) is 3.11. The maximum atomic E-state index is 14.0. The minimum atomic E-state index is -0.212. The van der Waals surface area contributed by atoms with E-state index in [1.54, 1.807) is 12.3 Å². The van der Waals surface area contributed by atoms with E-state index in [0.29, 0.717) is 6.54 Å². The van der Waals surface area contributed by atoms with Gasteiger partial charge in [0.1, 0.15) is 11.6 Å². The molecule has 2 rings (SSSR count). The molecule has 27 heavy (non-hydrogen) atoms. The van der Waals surface area contributed by atoms with Crippen LogP contribution in [0.25, 0.3) is 6.08 Å². The van der Waals surface area contributed by atoms with Crippen molar-refractivity contribution in [3.8, 4) is 0 Å². The first-order chi connectivity index (χ1) is 12.9. The van der Waals surface area contributed by atoms with Crippen LogP contribution in [-0.4, -0.2) is 38.0 Å². The van der Waals surface area contributed by atoms with E-state index < -0.39 is 0 Å². The van der Waals surface area contributed by atoms with Crippen LogP contribution in [-0.2, 0) is 4.79 Å². The maximum absolute atomic E-state index is 14.0. The van der Waals surface area contributed by atoms with Crippen LogP contribution < -0.4 is 5.32 Å². The van der Waals surface area contributed by atoms with Crippen molar-refractivity contribution in [3.05, 3.63) is 65.4 Å². The summed E-state index contributed by atoms with van der Waals surface area (Å²) in [7, 11) is 3.91. The Morgan fingerprint density at radius 1 is 1.44 bits per heavy atom. The summed E-state index contributed by atoms with van der Waals surface area (Å²) in [6.07, 6.45) is 8.12. The average molecular weight is 372 g/mol. The first kappa shape index (κ1) is 20.9. The molecule has 1 aromatic heterocycles. The SMILES string of the molecule is C=C(CC(=O)NCCN(C)C)[C@@H]1CC(F)=CC=C1/C(=C\c1ccco1)CC. The minimum Gasteiger partial charge on any atom is -0.465 e. The molecule has 1 amide bonds. The molecule has 1 heterocycles. The van der Waals surface area contributed by atoms with Crippen LogP contribution in [0.4, 0.5) is 4.39 Å². The molecule has 1 aliphatic carbocycles. The molecule has 1 atom stereocenters. The van der Waals surface area contributed by atoms with Crippen LogP contribution in [0.3, 0.4) is 0 Å². The van der Waals surface area contributed by atoms with Crippen molar-refractivity contribution >= 4 is 12.0 Å². The minimum absolute atomic E-state index is 0.0794. The van der Waals surface area contributed by atoms with Crippen LogP contribution in [0.5, 0.6) is 0 Å². The highest BCUT2D eigenvalue weighted by molar-refractivity contribution is 5.78. The number of carbonyl (C=O) groups is 1. The number of halogens is 1. The number of nitrogens with zero attached hydrogens (tertiary/aromatic N) is 1. The summed E-state index contributed by atoms with van der Waals surface area (Å²) >= 11 is 0. The second-order valence-electron chi connectivity index (χ2n) is 7.02. The predicted octanol–water partition coefficient (Wildman–Crippen LogP) is 4.50. The van der Waals surface area contributed by atoms with Gasteiger partial charge in [0.15, 0.2) is 0 Å². The predicted molar refractivity (Wildman–Crippen MR) is 108 cm³/mol. The van der Waals surface area contributed by atoms with Crippen LogP contribution in [0, 0.1) is 5.92 Å². The molecular formula is C22H29FN2O2. The van der Waals surface area contributed by atoms with E-state index >= 15 is 0 Å². The third-order valence-corrected chi connectivity index (χ3v) is 4.59. The molecule has 1 aliphatic rings. The van der Waals surface area contributed by atoms with Crippen molar-refractivity contribution in [3.63, 3.8) is 0 Å². The highest BCUT2D eigenvalue weighted by atomic mass is 19.1. The van der Waals surface area contributed by atoms with Crippen LogP contribution in [0.15, 0.2) is 64.1 Å². The second-order valence-corrected chi connectivity index (χ2v) is 7.02. The van der Waals surface area contributed by atoms with Gasteiger partial charge in [0.2, 0.25) is 5.91 Å². The number of amides is 1. The number of nitrogens with one attached hydrogen (secondary N) is 1. The largest absolute Gasteiger partial charge is 0.465 e. The topological polar surface area (TPSA) is 45.5 Å². The fourth-order valence-electron chi connectivity index (χ4n) is 3.11. The zero-order valence-electron chi connectivity index (χ0n) is 16.4. The van der Waals surface area contributed by atoms with Gasteiger partial charge < -0.3 is 14.6 Å². The molecule has 0 bridgehead atoms. The van der Waals surface area contributed by atoms with Crippen LogP contribution in [0.2, 0.25) is 0 Å². The van der Waals surface area contributed by atoms with Gasteiger partial charge in [-0.1, -0.05) is 25.2 Å². The highest BCUT2D eigenvalue weighted by Crippen LogP contribution is 2.38. The standard InChI is InChI=1S/C22H29FN2O2/c1-5-17(14-19-7-6-12-27-19)20-9-8-18(23)15-21(20)16(2)13-22(26)24-10-11-25(3)4/h6-9,12,14,21H,2,5,10-11,13,15H2,1,3-4H3,(H,24,26)/b17-14-/t21-/m0/s1. The molecule has 1 N–H and O–H groups in total. The smallest absolute Gasteiger partial charge is 0.224 e. The summed E-state index contributed by atoms with van der Waals surface area (Å²) < 4.78 is 19.4. The molecular weight excluding hydrogens is 343 g/mol. The van der Waals surface area contributed by atoms with Crippen molar-refractivity contribution in [1.29, 1.82) is 0 Å². The van der Waals surface area contributed by atoms with Crippen molar-refractivity contribution in [2.45, 2.75) is 26.2 Å². The first-order valence-electron chi connectivity index (χ1n) is 9.30. The number of allylic oxidation sites excluding steroid dienone is 5. The molecule has 0 aromatic carbocycles. The molecule has 0 unspecified atom stereocenters. The van der Waals surface area contributed by atoms with Gasteiger partial charge in [-0.3, -0.25) is 4.79 Å². The first-order valence-corrected chi connectivity index (χ1v) is 9.30. The highest BCUT2D eigenvalue weighted by Gasteiger charge is 2.25. The lowest BCUT2D eigenvalue weighted by Gasteiger charge is -2.26. The van der Waals surface area contributed by atoms with Crippen molar-refractivity contribution in [2.24, 2.45) is 5.92 Å². The Labute approximate surface area is 161 Å². The zero-order chi connectivity index (χ0) is 19.8. The van der Waals surface area contributed by atoms with E-state index in [4.69, 9.17) is 4.42 Å². The van der Waals surface area contributed by atoms with Gasteiger partial charge in [-0.05, 0) is 55.9 Å². The normalized spacial score (nSPS) is 17.5. The summed E-state index contributed by atoms with van der Waals surface area (Å²) in [6.45, 7) is 7.51. The molecule has 0 saturated heterocycles. The van der Waals surface area contributed by atoms with Crippen molar-refractivity contribution in [1.82, 2.24) is 10.2 Å². The van der Waals surface area contributed by atoms with Gasteiger partial charge in [0.05, 0.1) is 6.26 Å². The molecule has 1 aromatic rings. The molecule has 0 radical (unpaired) electrons. The Bertz CT molecular complexity index is 742. The molecule has 0 aliphatic heterocycles. The fraction of sp³-hybridized carbons (Fsp3) is 0.409. The Morgan fingerprint density at radius 3 is 2.85 bits per heavy atom. The van der Waals surface area contributed by atoms with Crippen molar-refractivity contribution < 1.29 is 13.6 Å². The van der Waals surface area contributed by atoms with Crippen LogP contribution in [0.1, 0.15) is 31.9 Å². The van der Waals surface area contributed by atoms with E-state index in [1.165, 1.54) is 6.08 Å². The zero-order valence-corrected chi connectivity index (χ0v) is 16.4. The van der Waals surface area contributed by atoms with E-state index in [9.17, 15) is 9.18 Å². The number of furan rings is 1. The monoisotopic (exact) mass is 372 g/mol. The Morgan fingerprint density at radius 2 is 2.22 bits per heavy atom. The summed E-state index contributed by atoms with van der Waals surface area (Å²) in [4.78, 5) is 14.2. The lowest BCUT2D eigenvalue weighted by molar-refractivity contribution is -0.120. The summed E-state index contributed by atoms with van der Waals surface area (Å²) in [5, 5.41) is 2.89. The van der Waals surface area contributed by atoms with Gasteiger partial charge >= 0.3 is 0 Å². The van der Waals surface area contributed by atoms with Gasteiger partial charge in [-0.2, -0.15) is 0 Å². The number of carbonyl (C=O) groups excluding carboxylic acids is 1. The molecule has 0 spiro atoms. The van der Waals surface area contributed by atoms with Crippen LogP contribution >= 0.6 is 0 Å². The van der Waals surface area contributed by atoms with E-state index in [0.717, 1.165) is 35.4 Å². The summed E-state index contributed by atoms with van der Waals surface area (Å²) in [5.74, 6) is 0.278. The van der Waals surface area contributed by atoms with E-state index in [-0.39, 0.29) is 30.5 Å². The van der Waals surface area contributed by atoms with E-state index in [2.05, 4.69) is 18.8 Å². The summed E-state index contributed by atoms with van der Waals surface area (Å²) in [6, 6.07) is 3.72. The quantitative estimate of drug-likeness (QED) is 0.649. The number of hydrogen-bond acceptors (Lipinski definition) is 3. The molecule has 5 heteroatoms. The average Bonchev–Trinajstić information content (AvgIpc) is 3.12. The third kappa shape index (κ3) is 6.36. The summed E-state index contributed by atoms with van der Waals surface area (Å²) in [5.41, 5.74) is 2.79. The van der Waals surface area contributed by atoms with Gasteiger partial charge in [-0.15, -0.1) is 0 Å². The Hall–Kier alpha value is -2.40. The maximum Gasteiger partial charge on any atom is 0.224 e. The number of likely N-dealkylation sites (N-methyl/N-ethyl adjacent to an activating group) is 1. The molecule has 0 fully saturated rings. The lowest BCUT2D eigenvalue weighted by Crippen LogP contribution is -2.32. The van der Waals surface area contributed by atoms with Crippen molar-refractivity contribution in [2.75, 3.05) is 27.2 Å². The third-order valence-electron chi connectivity index (χ3n) is 4.59. The lowest BCUT2D eigenvalue weighted by atomic mass is 9.79. The van der Waals surface area contributed by atoms with Gasteiger partial charge in [-0.25, -0.2) is 4.39 Å². The Balaban J connectivity index is 2.11.